The van der Waals surface area contributed by atoms with Crippen molar-refractivity contribution in [1.29, 1.82) is 0 Å². The molecular weight excluding hydrogens is 348 g/mol. The molecule has 0 saturated heterocycles. The summed E-state index contributed by atoms with van der Waals surface area (Å²) in [5.74, 6) is 0.0797. The predicted octanol–water partition coefficient (Wildman–Crippen LogP) is 2.65. The third-order valence-electron chi connectivity index (χ3n) is 3.67. The molecule has 138 valence electrons. The van der Waals surface area contributed by atoms with Gasteiger partial charge in [0.2, 0.25) is 0 Å². The third kappa shape index (κ3) is 4.43. The number of phenolic OH excluding ortho intramolecular Hbond substituents is 2. The number of hydrogen-bond acceptors (Lipinski definition) is 6. The van der Waals surface area contributed by atoms with Gasteiger partial charge in [-0.05, 0) is 49.4 Å². The zero-order chi connectivity index (χ0) is 19.2. The molecule has 0 spiro atoms. The van der Waals surface area contributed by atoms with Crippen molar-refractivity contribution >= 4 is 12.1 Å². The lowest BCUT2D eigenvalue weighted by atomic mass is 10.1. The Morgan fingerprint density at radius 1 is 1.22 bits per heavy atom. The number of benzene rings is 2. The van der Waals surface area contributed by atoms with Crippen LogP contribution in [0.4, 0.5) is 0 Å². The number of nitrogens with one attached hydrogen (secondary N) is 2. The molecule has 0 aliphatic heterocycles. The van der Waals surface area contributed by atoms with Crippen LogP contribution in [-0.2, 0) is 0 Å². The fourth-order valence-corrected chi connectivity index (χ4v) is 2.34. The Balaban J connectivity index is 1.65. The molecule has 3 aromatic rings. The molecule has 0 fully saturated rings. The number of aromatic nitrogens is 2. The number of phenols is 2. The summed E-state index contributed by atoms with van der Waals surface area (Å²) in [6, 6.07) is 13.0. The Labute approximate surface area is 155 Å². The first-order valence-corrected chi connectivity index (χ1v) is 8.21. The van der Waals surface area contributed by atoms with Crippen LogP contribution in [0.15, 0.2) is 53.6 Å². The summed E-state index contributed by atoms with van der Waals surface area (Å²) in [4.78, 5) is 12.1. The summed E-state index contributed by atoms with van der Waals surface area (Å²) in [6.45, 7) is 2.51. The lowest BCUT2D eigenvalue weighted by Gasteiger charge is -2.02. The fraction of sp³-hybridized carbons (Fsp3) is 0.105. The third-order valence-corrected chi connectivity index (χ3v) is 3.67. The second-order valence-electron chi connectivity index (χ2n) is 5.57. The van der Waals surface area contributed by atoms with Crippen LogP contribution < -0.4 is 10.2 Å². The molecule has 0 unspecified atom stereocenters. The van der Waals surface area contributed by atoms with Crippen LogP contribution in [0.2, 0.25) is 0 Å². The average Bonchev–Trinajstić information content (AvgIpc) is 3.14. The standard InChI is InChI=1S/C19H18N4O4/c1-2-27-15-7-4-12(5-8-15)16-10-17(22-21-16)19(26)23-20-11-13-3-6-14(24)9-18(13)25/h3-11,24-25H,2H2,1H3,(H,21,22)(H,23,26). The van der Waals surface area contributed by atoms with Crippen LogP contribution in [0, 0.1) is 0 Å². The van der Waals surface area contributed by atoms with Gasteiger partial charge in [0.05, 0.1) is 18.5 Å². The first-order chi connectivity index (χ1) is 13.1. The molecule has 27 heavy (non-hydrogen) atoms. The number of aromatic hydroxyl groups is 2. The van der Waals surface area contributed by atoms with E-state index in [0.29, 0.717) is 17.9 Å². The van der Waals surface area contributed by atoms with Gasteiger partial charge in [0.25, 0.3) is 5.91 Å². The number of hydrazone groups is 1. The van der Waals surface area contributed by atoms with Crippen LogP contribution in [0.3, 0.4) is 0 Å². The fourth-order valence-electron chi connectivity index (χ4n) is 2.34. The Bertz CT molecular complexity index is 964. The minimum absolute atomic E-state index is 0.0621. The lowest BCUT2D eigenvalue weighted by molar-refractivity contribution is 0.0950. The zero-order valence-corrected chi connectivity index (χ0v) is 14.5. The summed E-state index contributed by atoms with van der Waals surface area (Å²) in [5.41, 5.74) is 4.39. The summed E-state index contributed by atoms with van der Waals surface area (Å²) >= 11 is 0. The van der Waals surface area contributed by atoms with Crippen molar-refractivity contribution in [2.24, 2.45) is 5.10 Å². The SMILES string of the molecule is CCOc1ccc(-c2cc(C(=O)NN=Cc3ccc(O)cc3O)[nH]n2)cc1. The van der Waals surface area contributed by atoms with Crippen LogP contribution in [0.25, 0.3) is 11.3 Å². The minimum atomic E-state index is -0.478. The van der Waals surface area contributed by atoms with Gasteiger partial charge in [0.15, 0.2) is 0 Å². The Kier molecular flexibility index (Phi) is 5.36. The highest BCUT2D eigenvalue weighted by atomic mass is 16.5. The monoisotopic (exact) mass is 366 g/mol. The first-order valence-electron chi connectivity index (χ1n) is 8.21. The molecule has 0 aliphatic rings. The van der Waals surface area contributed by atoms with E-state index in [-0.39, 0.29) is 17.2 Å². The summed E-state index contributed by atoms with van der Waals surface area (Å²) < 4.78 is 5.40. The predicted molar refractivity (Wildman–Crippen MR) is 100 cm³/mol. The van der Waals surface area contributed by atoms with Crippen molar-refractivity contribution in [3.05, 3.63) is 59.8 Å². The topological polar surface area (TPSA) is 120 Å². The van der Waals surface area contributed by atoms with E-state index in [0.717, 1.165) is 11.3 Å². The normalized spacial score (nSPS) is 10.9. The molecule has 0 bridgehead atoms. The number of amides is 1. The number of carbonyl (C=O) groups is 1. The second-order valence-corrected chi connectivity index (χ2v) is 5.57. The van der Waals surface area contributed by atoms with E-state index in [1.165, 1.54) is 24.4 Å². The van der Waals surface area contributed by atoms with Crippen molar-refractivity contribution in [3.63, 3.8) is 0 Å². The Morgan fingerprint density at radius 3 is 2.70 bits per heavy atom. The number of aromatic amines is 1. The molecule has 8 nitrogen and oxygen atoms in total. The van der Waals surface area contributed by atoms with Crippen molar-refractivity contribution in [3.8, 4) is 28.5 Å². The van der Waals surface area contributed by atoms with Crippen molar-refractivity contribution in [2.75, 3.05) is 6.61 Å². The summed E-state index contributed by atoms with van der Waals surface area (Å²) in [5, 5.41) is 29.5. The van der Waals surface area contributed by atoms with Crippen LogP contribution in [0.5, 0.6) is 17.2 Å². The average molecular weight is 366 g/mol. The molecule has 1 heterocycles. The van der Waals surface area contributed by atoms with Crippen LogP contribution in [0.1, 0.15) is 23.0 Å². The summed E-state index contributed by atoms with van der Waals surface area (Å²) in [7, 11) is 0. The van der Waals surface area contributed by atoms with E-state index in [9.17, 15) is 15.0 Å². The van der Waals surface area contributed by atoms with Gasteiger partial charge in [-0.15, -0.1) is 0 Å². The smallest absolute Gasteiger partial charge is 0.289 e. The molecule has 1 amide bonds. The van der Waals surface area contributed by atoms with Gasteiger partial charge < -0.3 is 14.9 Å². The number of ether oxygens (including phenoxy) is 1. The van der Waals surface area contributed by atoms with E-state index in [1.807, 2.05) is 31.2 Å². The molecule has 2 aromatic carbocycles. The summed E-state index contributed by atoms with van der Waals surface area (Å²) in [6.07, 6.45) is 1.27. The molecule has 0 atom stereocenters. The number of carbonyl (C=O) groups excluding carboxylic acids is 1. The van der Waals surface area contributed by atoms with E-state index in [4.69, 9.17) is 4.74 Å². The molecular formula is C19H18N4O4. The highest BCUT2D eigenvalue weighted by Gasteiger charge is 2.10. The number of nitrogens with zero attached hydrogens (tertiary/aromatic N) is 2. The van der Waals surface area contributed by atoms with Gasteiger partial charge in [-0.25, -0.2) is 5.43 Å². The maximum absolute atomic E-state index is 12.1. The highest BCUT2D eigenvalue weighted by Crippen LogP contribution is 2.22. The molecule has 3 rings (SSSR count). The maximum Gasteiger partial charge on any atom is 0.289 e. The van der Waals surface area contributed by atoms with Crippen LogP contribution >= 0.6 is 0 Å². The van der Waals surface area contributed by atoms with Gasteiger partial charge in [0.1, 0.15) is 22.9 Å². The van der Waals surface area contributed by atoms with E-state index < -0.39 is 5.91 Å². The first kappa shape index (κ1) is 18.0. The molecule has 0 aliphatic carbocycles. The van der Waals surface area contributed by atoms with Gasteiger partial charge in [-0.2, -0.15) is 10.2 Å². The van der Waals surface area contributed by atoms with E-state index in [2.05, 4.69) is 20.7 Å². The quantitative estimate of drug-likeness (QED) is 0.395. The molecule has 1 aromatic heterocycles. The van der Waals surface area contributed by atoms with Crippen molar-refractivity contribution in [2.45, 2.75) is 6.92 Å². The minimum Gasteiger partial charge on any atom is -0.508 e. The van der Waals surface area contributed by atoms with Gasteiger partial charge in [0, 0.05) is 17.2 Å². The molecule has 8 heteroatoms. The molecule has 0 radical (unpaired) electrons. The lowest BCUT2D eigenvalue weighted by Crippen LogP contribution is -2.18. The van der Waals surface area contributed by atoms with Gasteiger partial charge in [-0.1, -0.05) is 0 Å². The number of rotatable bonds is 6. The second kappa shape index (κ2) is 8.05. The van der Waals surface area contributed by atoms with E-state index in [1.54, 1.807) is 6.07 Å². The molecule has 0 saturated carbocycles. The number of hydrogen-bond donors (Lipinski definition) is 4. The van der Waals surface area contributed by atoms with Gasteiger partial charge >= 0.3 is 0 Å². The Morgan fingerprint density at radius 2 is 2.00 bits per heavy atom. The Hall–Kier alpha value is -3.81. The highest BCUT2D eigenvalue weighted by molar-refractivity contribution is 5.94. The van der Waals surface area contributed by atoms with E-state index >= 15 is 0 Å². The number of H-pyrrole nitrogens is 1. The van der Waals surface area contributed by atoms with Crippen molar-refractivity contribution < 1.29 is 19.7 Å². The largest absolute Gasteiger partial charge is 0.508 e. The zero-order valence-electron chi connectivity index (χ0n) is 14.5. The van der Waals surface area contributed by atoms with Crippen molar-refractivity contribution in [1.82, 2.24) is 15.6 Å². The maximum atomic E-state index is 12.1. The molecule has 4 N–H and O–H groups in total. The van der Waals surface area contributed by atoms with Gasteiger partial charge in [-0.3, -0.25) is 9.89 Å². The van der Waals surface area contributed by atoms with Crippen LogP contribution in [-0.4, -0.2) is 39.1 Å².